The SMILES string of the molecule is CN(C)c1cccc2c(S(=O)(=O)NCCN(Cc3ccccn3)Cc3ccco3)cccc12. The largest absolute Gasteiger partial charge is 0.468 e. The highest BCUT2D eigenvalue weighted by molar-refractivity contribution is 7.89. The Bertz CT molecular complexity index is 1290. The van der Waals surface area contributed by atoms with E-state index in [0.717, 1.165) is 22.5 Å². The monoisotopic (exact) mass is 464 g/mol. The van der Waals surface area contributed by atoms with E-state index in [0.29, 0.717) is 25.0 Å². The van der Waals surface area contributed by atoms with Crippen molar-refractivity contribution in [3.8, 4) is 0 Å². The summed E-state index contributed by atoms with van der Waals surface area (Å²) in [5, 5.41) is 1.61. The van der Waals surface area contributed by atoms with Crippen LogP contribution < -0.4 is 9.62 Å². The van der Waals surface area contributed by atoms with Crippen LogP contribution in [0.15, 0.2) is 88.5 Å². The first kappa shape index (κ1) is 23.0. The van der Waals surface area contributed by atoms with Gasteiger partial charge in [0, 0.05) is 56.4 Å². The lowest BCUT2D eigenvalue weighted by Gasteiger charge is -2.21. The minimum atomic E-state index is -3.69. The maximum Gasteiger partial charge on any atom is 0.241 e. The second-order valence-electron chi connectivity index (χ2n) is 8.03. The molecule has 0 atom stereocenters. The molecule has 0 saturated carbocycles. The summed E-state index contributed by atoms with van der Waals surface area (Å²) in [4.78, 5) is 8.77. The number of pyridine rings is 1. The van der Waals surface area contributed by atoms with E-state index in [1.165, 1.54) is 0 Å². The van der Waals surface area contributed by atoms with Crippen LogP contribution in [0.1, 0.15) is 11.5 Å². The van der Waals surface area contributed by atoms with E-state index in [-0.39, 0.29) is 11.4 Å². The van der Waals surface area contributed by atoms with Crippen LogP contribution in [0, 0.1) is 0 Å². The van der Waals surface area contributed by atoms with Crippen molar-refractivity contribution in [2.45, 2.75) is 18.0 Å². The molecule has 2 aromatic heterocycles. The summed E-state index contributed by atoms with van der Waals surface area (Å²) in [5.74, 6) is 0.819. The summed E-state index contributed by atoms with van der Waals surface area (Å²) in [7, 11) is 0.202. The van der Waals surface area contributed by atoms with Crippen LogP contribution in [-0.4, -0.2) is 45.5 Å². The number of sulfonamides is 1. The summed E-state index contributed by atoms with van der Waals surface area (Å²) in [6, 6.07) is 20.6. The molecule has 172 valence electrons. The maximum absolute atomic E-state index is 13.2. The van der Waals surface area contributed by atoms with Gasteiger partial charge in [0.25, 0.3) is 0 Å². The van der Waals surface area contributed by atoms with Crippen molar-refractivity contribution in [1.82, 2.24) is 14.6 Å². The van der Waals surface area contributed by atoms with E-state index in [9.17, 15) is 8.42 Å². The molecule has 0 aliphatic carbocycles. The smallest absolute Gasteiger partial charge is 0.241 e. The van der Waals surface area contributed by atoms with Gasteiger partial charge in [-0.05, 0) is 36.4 Å². The van der Waals surface area contributed by atoms with E-state index >= 15 is 0 Å². The summed E-state index contributed by atoms with van der Waals surface area (Å²) >= 11 is 0. The van der Waals surface area contributed by atoms with Gasteiger partial charge < -0.3 is 9.32 Å². The third kappa shape index (κ3) is 5.60. The Morgan fingerprint density at radius 2 is 1.73 bits per heavy atom. The Hall–Kier alpha value is -3.20. The number of anilines is 1. The zero-order valence-corrected chi connectivity index (χ0v) is 19.6. The second kappa shape index (κ2) is 10.2. The van der Waals surface area contributed by atoms with Gasteiger partial charge in [-0.1, -0.05) is 30.3 Å². The highest BCUT2D eigenvalue weighted by Crippen LogP contribution is 2.30. The van der Waals surface area contributed by atoms with Gasteiger partial charge in [-0.25, -0.2) is 13.1 Å². The summed E-state index contributed by atoms with van der Waals surface area (Å²) < 4.78 is 34.7. The molecule has 0 bridgehead atoms. The van der Waals surface area contributed by atoms with Gasteiger partial charge in [0.1, 0.15) is 5.76 Å². The fraction of sp³-hybridized carbons (Fsp3) is 0.240. The molecule has 4 rings (SSSR count). The standard InChI is InChI=1S/C25H28N4O3S/c1-28(2)24-12-5-11-23-22(24)10-6-13-25(23)33(30,31)27-15-16-29(19-21-9-7-17-32-21)18-20-8-3-4-14-26-20/h3-14,17,27H,15-16,18-19H2,1-2H3. The summed E-state index contributed by atoms with van der Waals surface area (Å²) in [6.07, 6.45) is 3.39. The van der Waals surface area contributed by atoms with Crippen LogP contribution in [0.25, 0.3) is 10.8 Å². The van der Waals surface area contributed by atoms with Crippen LogP contribution >= 0.6 is 0 Å². The van der Waals surface area contributed by atoms with Crippen LogP contribution in [0.3, 0.4) is 0 Å². The molecule has 33 heavy (non-hydrogen) atoms. The number of rotatable bonds is 10. The normalized spacial score (nSPS) is 11.8. The minimum absolute atomic E-state index is 0.264. The highest BCUT2D eigenvalue weighted by Gasteiger charge is 2.19. The summed E-state index contributed by atoms with van der Waals surface area (Å²) in [6.45, 7) is 1.92. The number of hydrogen-bond acceptors (Lipinski definition) is 6. The molecule has 0 aliphatic heterocycles. The predicted octanol–water partition coefficient (Wildman–Crippen LogP) is 3.87. The van der Waals surface area contributed by atoms with E-state index in [1.807, 2.05) is 73.6 Å². The number of benzene rings is 2. The molecule has 0 unspecified atom stereocenters. The van der Waals surface area contributed by atoms with Crippen molar-refractivity contribution in [1.29, 1.82) is 0 Å². The molecule has 7 nitrogen and oxygen atoms in total. The lowest BCUT2D eigenvalue weighted by atomic mass is 10.1. The first-order valence-electron chi connectivity index (χ1n) is 10.8. The van der Waals surface area contributed by atoms with Gasteiger partial charge in [0.05, 0.1) is 23.4 Å². The van der Waals surface area contributed by atoms with Crippen LogP contribution in [0.2, 0.25) is 0 Å². The predicted molar refractivity (Wildman–Crippen MR) is 131 cm³/mol. The van der Waals surface area contributed by atoms with Gasteiger partial charge in [0.2, 0.25) is 10.0 Å². The lowest BCUT2D eigenvalue weighted by Crippen LogP contribution is -2.34. The number of nitrogens with one attached hydrogen (secondary N) is 1. The third-order valence-electron chi connectivity index (χ3n) is 5.42. The number of hydrogen-bond donors (Lipinski definition) is 1. The number of fused-ring (bicyclic) bond motifs is 1. The highest BCUT2D eigenvalue weighted by atomic mass is 32.2. The molecule has 0 radical (unpaired) electrons. The Morgan fingerprint density at radius 1 is 0.909 bits per heavy atom. The fourth-order valence-electron chi connectivity index (χ4n) is 3.86. The zero-order valence-electron chi connectivity index (χ0n) is 18.8. The maximum atomic E-state index is 13.2. The van der Waals surface area contributed by atoms with Crippen LogP contribution in [0.4, 0.5) is 5.69 Å². The summed E-state index contributed by atoms with van der Waals surface area (Å²) in [5.41, 5.74) is 1.89. The quantitative estimate of drug-likeness (QED) is 0.384. The molecular formula is C25H28N4O3S. The first-order valence-corrected chi connectivity index (χ1v) is 12.3. The van der Waals surface area contributed by atoms with Gasteiger partial charge in [-0.15, -0.1) is 0 Å². The average Bonchev–Trinajstić information content (AvgIpc) is 3.31. The Labute approximate surface area is 194 Å². The van der Waals surface area contributed by atoms with Crippen molar-refractivity contribution >= 4 is 26.5 Å². The molecule has 0 aliphatic rings. The third-order valence-corrected chi connectivity index (χ3v) is 6.94. The molecule has 1 N–H and O–H groups in total. The Kier molecular flexibility index (Phi) is 7.08. The topological polar surface area (TPSA) is 78.7 Å². The van der Waals surface area contributed by atoms with E-state index < -0.39 is 10.0 Å². The average molecular weight is 465 g/mol. The molecule has 8 heteroatoms. The molecule has 0 amide bonds. The van der Waals surface area contributed by atoms with Crippen molar-refractivity contribution in [2.75, 3.05) is 32.1 Å². The number of nitrogens with zero attached hydrogens (tertiary/aromatic N) is 3. The number of aromatic nitrogens is 1. The van der Waals surface area contributed by atoms with Gasteiger partial charge in [-0.2, -0.15) is 0 Å². The molecule has 0 fully saturated rings. The van der Waals surface area contributed by atoms with E-state index in [4.69, 9.17) is 4.42 Å². The lowest BCUT2D eigenvalue weighted by molar-refractivity contribution is 0.237. The second-order valence-corrected chi connectivity index (χ2v) is 9.77. The van der Waals surface area contributed by atoms with E-state index in [2.05, 4.69) is 14.6 Å². The molecule has 2 aromatic carbocycles. The van der Waals surface area contributed by atoms with Gasteiger partial charge in [-0.3, -0.25) is 9.88 Å². The van der Waals surface area contributed by atoms with Crippen molar-refractivity contribution in [3.05, 3.63) is 90.6 Å². The Balaban J connectivity index is 1.50. The Morgan fingerprint density at radius 3 is 2.45 bits per heavy atom. The van der Waals surface area contributed by atoms with Crippen LogP contribution in [-0.2, 0) is 23.1 Å². The fourth-order valence-corrected chi connectivity index (χ4v) is 5.10. The molecule has 0 saturated heterocycles. The zero-order chi connectivity index (χ0) is 23.3. The molecule has 2 heterocycles. The first-order chi connectivity index (χ1) is 15.9. The number of furan rings is 1. The van der Waals surface area contributed by atoms with Crippen molar-refractivity contribution in [2.24, 2.45) is 0 Å². The van der Waals surface area contributed by atoms with Crippen LogP contribution in [0.5, 0.6) is 0 Å². The molecular weight excluding hydrogens is 436 g/mol. The van der Waals surface area contributed by atoms with Crippen molar-refractivity contribution in [3.63, 3.8) is 0 Å². The molecule has 0 spiro atoms. The van der Waals surface area contributed by atoms with Gasteiger partial charge in [0.15, 0.2) is 0 Å². The molecule has 4 aromatic rings. The van der Waals surface area contributed by atoms with E-state index in [1.54, 1.807) is 24.6 Å². The van der Waals surface area contributed by atoms with Crippen molar-refractivity contribution < 1.29 is 12.8 Å². The van der Waals surface area contributed by atoms with Gasteiger partial charge >= 0.3 is 0 Å². The minimum Gasteiger partial charge on any atom is -0.468 e.